The van der Waals surface area contributed by atoms with Crippen molar-refractivity contribution in [1.29, 1.82) is 0 Å². The van der Waals surface area contributed by atoms with Gasteiger partial charge in [-0.3, -0.25) is 0 Å². The van der Waals surface area contributed by atoms with Gasteiger partial charge in [0.05, 0.1) is 4.90 Å². The van der Waals surface area contributed by atoms with Crippen LogP contribution in [0.4, 0.5) is 10.5 Å². The molecule has 0 saturated carbocycles. The highest BCUT2D eigenvalue weighted by molar-refractivity contribution is 7.89. The van der Waals surface area contributed by atoms with Crippen LogP contribution in [0.25, 0.3) is 0 Å². The van der Waals surface area contributed by atoms with E-state index in [0.717, 1.165) is 19.3 Å². The summed E-state index contributed by atoms with van der Waals surface area (Å²) in [5, 5.41) is 6.56. The van der Waals surface area contributed by atoms with Crippen molar-refractivity contribution in [2.45, 2.75) is 37.1 Å². The van der Waals surface area contributed by atoms with Gasteiger partial charge in [-0.1, -0.05) is 11.2 Å². The van der Waals surface area contributed by atoms with Crippen molar-refractivity contribution in [2.75, 3.05) is 18.9 Å². The van der Waals surface area contributed by atoms with Gasteiger partial charge in [0.2, 0.25) is 15.9 Å². The lowest BCUT2D eigenvalue weighted by Crippen LogP contribution is -2.41. The van der Waals surface area contributed by atoms with Crippen LogP contribution in [0.15, 0.2) is 33.7 Å². The van der Waals surface area contributed by atoms with E-state index in [-0.39, 0.29) is 17.0 Å². The van der Waals surface area contributed by atoms with Gasteiger partial charge < -0.3 is 14.7 Å². The Labute approximate surface area is 151 Å². The summed E-state index contributed by atoms with van der Waals surface area (Å²) in [6.07, 6.45) is 2.58. The molecule has 1 unspecified atom stereocenters. The molecule has 1 aromatic carbocycles. The first kappa shape index (κ1) is 18.3. The number of aromatic nitrogens is 2. The Morgan fingerprint density at radius 2 is 2.15 bits per heavy atom. The smallest absolute Gasteiger partial charge is 0.322 e. The molecule has 2 aromatic rings. The third-order valence-corrected chi connectivity index (χ3v) is 5.67. The number of carbonyl (C=O) groups is 1. The monoisotopic (exact) mass is 379 g/mol. The number of aryl methyl sites for hydroxylation is 1. The summed E-state index contributed by atoms with van der Waals surface area (Å²) in [7, 11) is -2.24. The Bertz CT molecular complexity index is 896. The predicted octanol–water partition coefficient (Wildman–Crippen LogP) is 2.05. The number of hydrogen-bond donors (Lipinski definition) is 2. The minimum Gasteiger partial charge on any atom is -0.337 e. The number of nitrogens with zero attached hydrogens (tertiary/aromatic N) is 3. The Morgan fingerprint density at radius 1 is 1.35 bits per heavy atom. The molecule has 1 fully saturated rings. The average molecular weight is 379 g/mol. The van der Waals surface area contributed by atoms with Gasteiger partial charge in [-0.15, -0.1) is 0 Å². The maximum absolute atomic E-state index is 12.7. The van der Waals surface area contributed by atoms with Gasteiger partial charge in [0.1, 0.15) is 6.04 Å². The SMILES string of the molecule is CNS(=O)(=O)c1cccc(NC(=O)N2CCCCC2c2nc(C)no2)c1. The molecule has 0 radical (unpaired) electrons. The molecule has 140 valence electrons. The number of amides is 2. The summed E-state index contributed by atoms with van der Waals surface area (Å²) in [6, 6.07) is 5.49. The Kier molecular flexibility index (Phi) is 5.23. The fourth-order valence-electron chi connectivity index (χ4n) is 2.93. The minimum absolute atomic E-state index is 0.0838. The maximum atomic E-state index is 12.7. The van der Waals surface area contributed by atoms with Gasteiger partial charge in [0.25, 0.3) is 0 Å². The maximum Gasteiger partial charge on any atom is 0.322 e. The van der Waals surface area contributed by atoms with Crippen molar-refractivity contribution in [2.24, 2.45) is 0 Å². The Balaban J connectivity index is 1.79. The van der Waals surface area contributed by atoms with Crippen molar-refractivity contribution in [3.8, 4) is 0 Å². The van der Waals surface area contributed by atoms with Crippen LogP contribution in [0.3, 0.4) is 0 Å². The molecule has 0 bridgehead atoms. The van der Waals surface area contributed by atoms with Crippen LogP contribution in [-0.2, 0) is 10.0 Å². The third kappa shape index (κ3) is 3.86. The molecule has 1 aliphatic rings. The predicted molar refractivity (Wildman–Crippen MR) is 94.0 cm³/mol. The molecule has 1 aromatic heterocycles. The average Bonchev–Trinajstić information content (AvgIpc) is 3.08. The van der Waals surface area contributed by atoms with Gasteiger partial charge in [-0.25, -0.2) is 17.9 Å². The minimum atomic E-state index is -3.58. The number of piperidine rings is 1. The van der Waals surface area contributed by atoms with Gasteiger partial charge >= 0.3 is 6.03 Å². The fraction of sp³-hybridized carbons (Fsp3) is 0.438. The number of rotatable bonds is 4. The standard InChI is InChI=1S/C16H21N5O4S/c1-11-18-15(25-20-11)14-8-3-4-9-21(14)16(22)19-12-6-5-7-13(10-12)26(23,24)17-2/h5-7,10,14,17H,3-4,8-9H2,1-2H3,(H,19,22). The molecule has 0 spiro atoms. The van der Waals surface area contributed by atoms with Crippen LogP contribution >= 0.6 is 0 Å². The van der Waals surface area contributed by atoms with Gasteiger partial charge in [0, 0.05) is 12.2 Å². The van der Waals surface area contributed by atoms with Crippen LogP contribution < -0.4 is 10.0 Å². The van der Waals surface area contributed by atoms with E-state index in [9.17, 15) is 13.2 Å². The Morgan fingerprint density at radius 3 is 2.85 bits per heavy atom. The van der Waals surface area contributed by atoms with E-state index in [1.807, 2.05) is 0 Å². The topological polar surface area (TPSA) is 117 Å². The van der Waals surface area contributed by atoms with Gasteiger partial charge in [0.15, 0.2) is 5.82 Å². The van der Waals surface area contributed by atoms with E-state index < -0.39 is 10.0 Å². The van der Waals surface area contributed by atoms with Gasteiger partial charge in [-0.2, -0.15) is 4.98 Å². The zero-order valence-corrected chi connectivity index (χ0v) is 15.4. The fourth-order valence-corrected chi connectivity index (χ4v) is 3.71. The first-order valence-electron chi connectivity index (χ1n) is 8.32. The molecule has 9 nitrogen and oxygen atoms in total. The highest BCUT2D eigenvalue weighted by atomic mass is 32.2. The van der Waals surface area contributed by atoms with Crippen LogP contribution in [0, 0.1) is 6.92 Å². The van der Waals surface area contributed by atoms with Crippen LogP contribution in [-0.4, -0.2) is 43.1 Å². The van der Waals surface area contributed by atoms with Crippen molar-refractivity contribution in [1.82, 2.24) is 19.8 Å². The second kappa shape index (κ2) is 7.42. The largest absolute Gasteiger partial charge is 0.337 e. The van der Waals surface area contributed by atoms with E-state index in [0.29, 0.717) is 23.9 Å². The van der Waals surface area contributed by atoms with E-state index in [1.54, 1.807) is 24.0 Å². The summed E-state index contributed by atoms with van der Waals surface area (Å²) in [5.74, 6) is 0.944. The lowest BCUT2D eigenvalue weighted by Gasteiger charge is -2.33. The highest BCUT2D eigenvalue weighted by Gasteiger charge is 2.32. The lowest BCUT2D eigenvalue weighted by molar-refractivity contribution is 0.142. The number of likely N-dealkylation sites (tertiary alicyclic amines) is 1. The number of carbonyl (C=O) groups excluding carboxylic acids is 1. The third-order valence-electron chi connectivity index (χ3n) is 4.26. The van der Waals surface area contributed by atoms with E-state index in [4.69, 9.17) is 4.52 Å². The highest BCUT2D eigenvalue weighted by Crippen LogP contribution is 2.30. The zero-order chi connectivity index (χ0) is 18.7. The number of anilines is 1. The number of benzene rings is 1. The number of urea groups is 1. The molecule has 0 aliphatic carbocycles. The first-order valence-corrected chi connectivity index (χ1v) is 9.80. The number of nitrogens with one attached hydrogen (secondary N) is 2. The van der Waals surface area contributed by atoms with Crippen molar-refractivity contribution in [3.05, 3.63) is 36.0 Å². The number of sulfonamides is 1. The summed E-state index contributed by atoms with van der Waals surface area (Å²) in [6.45, 7) is 2.29. The zero-order valence-electron chi connectivity index (χ0n) is 14.6. The normalized spacial score (nSPS) is 17.9. The van der Waals surface area contributed by atoms with Crippen molar-refractivity contribution >= 4 is 21.7 Å². The molecule has 2 amide bonds. The summed E-state index contributed by atoms with van der Waals surface area (Å²) < 4.78 is 31.3. The van der Waals surface area contributed by atoms with E-state index in [2.05, 4.69) is 20.2 Å². The van der Waals surface area contributed by atoms with Crippen LogP contribution in [0.2, 0.25) is 0 Å². The van der Waals surface area contributed by atoms with E-state index in [1.165, 1.54) is 19.2 Å². The molecule has 1 aliphatic heterocycles. The van der Waals surface area contributed by atoms with E-state index >= 15 is 0 Å². The molecule has 1 saturated heterocycles. The number of hydrogen-bond acceptors (Lipinski definition) is 6. The first-order chi connectivity index (χ1) is 12.4. The second-order valence-corrected chi connectivity index (χ2v) is 7.94. The Hall–Kier alpha value is -2.46. The molecule has 2 heterocycles. The quantitative estimate of drug-likeness (QED) is 0.839. The van der Waals surface area contributed by atoms with Crippen molar-refractivity contribution in [3.63, 3.8) is 0 Å². The molecular formula is C16H21N5O4S. The van der Waals surface area contributed by atoms with Crippen LogP contribution in [0.5, 0.6) is 0 Å². The molecule has 10 heteroatoms. The molecule has 3 rings (SSSR count). The lowest BCUT2D eigenvalue weighted by atomic mass is 10.0. The summed E-state index contributed by atoms with van der Waals surface area (Å²) >= 11 is 0. The molecule has 26 heavy (non-hydrogen) atoms. The summed E-state index contributed by atoms with van der Waals surface area (Å²) in [5.41, 5.74) is 0.400. The molecular weight excluding hydrogens is 358 g/mol. The van der Waals surface area contributed by atoms with Gasteiger partial charge in [-0.05, 0) is 51.4 Å². The second-order valence-electron chi connectivity index (χ2n) is 6.05. The molecule has 2 N–H and O–H groups in total. The van der Waals surface area contributed by atoms with Crippen LogP contribution in [0.1, 0.15) is 37.0 Å². The summed E-state index contributed by atoms with van der Waals surface area (Å²) in [4.78, 5) is 18.7. The van der Waals surface area contributed by atoms with Crippen molar-refractivity contribution < 1.29 is 17.7 Å². The molecule has 1 atom stereocenters.